The van der Waals surface area contributed by atoms with Crippen LogP contribution in [0.15, 0.2) is 12.3 Å². The van der Waals surface area contributed by atoms with Gasteiger partial charge in [-0.15, -0.1) is 0 Å². The molecule has 0 radical (unpaired) electrons. The minimum Gasteiger partial charge on any atom is -0.352 e. The molecule has 1 amide bonds. The molecule has 1 N–H and O–H groups in total. The van der Waals surface area contributed by atoms with Gasteiger partial charge in [0.25, 0.3) is 5.91 Å². The maximum Gasteiger partial charge on any atom is 0.252 e. The van der Waals surface area contributed by atoms with E-state index < -0.39 is 0 Å². The largest absolute Gasteiger partial charge is 0.352 e. The molecule has 0 aromatic carbocycles. The summed E-state index contributed by atoms with van der Waals surface area (Å²) in [5.74, 6) is 0.558. The zero-order chi connectivity index (χ0) is 14.5. The van der Waals surface area contributed by atoms with Crippen LogP contribution in [0.1, 0.15) is 29.6 Å². The van der Waals surface area contributed by atoms with Crippen LogP contribution in [0, 0.1) is 5.92 Å². The second kappa shape index (κ2) is 7.25. The summed E-state index contributed by atoms with van der Waals surface area (Å²) in [5.41, 5.74) is 0.447. The number of nitrogens with zero attached hydrogens (tertiary/aromatic N) is 2. The highest BCUT2D eigenvalue weighted by Crippen LogP contribution is 2.20. The summed E-state index contributed by atoms with van der Waals surface area (Å²) in [6.45, 7) is 2.98. The van der Waals surface area contributed by atoms with Gasteiger partial charge in [0.2, 0.25) is 0 Å². The van der Waals surface area contributed by atoms with Gasteiger partial charge in [0.15, 0.2) is 0 Å². The third kappa shape index (κ3) is 4.33. The Balaban J connectivity index is 1.76. The van der Waals surface area contributed by atoms with Crippen molar-refractivity contribution in [1.82, 2.24) is 15.2 Å². The van der Waals surface area contributed by atoms with E-state index in [9.17, 15) is 4.79 Å². The molecular formula is C14H19Cl2N3O. The summed E-state index contributed by atoms with van der Waals surface area (Å²) < 4.78 is 0. The predicted octanol–water partition coefficient (Wildman–Crippen LogP) is 2.85. The molecule has 1 aliphatic heterocycles. The van der Waals surface area contributed by atoms with Crippen molar-refractivity contribution in [3.63, 3.8) is 0 Å². The molecule has 1 fully saturated rings. The Morgan fingerprint density at radius 3 is 2.80 bits per heavy atom. The number of rotatable bonds is 4. The molecule has 6 heteroatoms. The Bertz CT molecular complexity index is 473. The summed E-state index contributed by atoms with van der Waals surface area (Å²) in [5, 5.41) is 3.43. The number of halogens is 2. The van der Waals surface area contributed by atoms with E-state index in [1.165, 1.54) is 19.0 Å². The normalized spacial score (nSPS) is 17.1. The van der Waals surface area contributed by atoms with Crippen LogP contribution in [0.5, 0.6) is 0 Å². The molecule has 1 aliphatic rings. The van der Waals surface area contributed by atoms with Crippen LogP contribution in [-0.4, -0.2) is 42.5 Å². The van der Waals surface area contributed by atoms with Crippen LogP contribution in [0.25, 0.3) is 0 Å². The molecule has 0 atom stereocenters. The van der Waals surface area contributed by atoms with Crippen LogP contribution < -0.4 is 5.32 Å². The van der Waals surface area contributed by atoms with E-state index in [1.807, 2.05) is 0 Å². The molecule has 2 heterocycles. The van der Waals surface area contributed by atoms with Gasteiger partial charge in [0, 0.05) is 12.7 Å². The zero-order valence-corrected chi connectivity index (χ0v) is 13.0. The number of hydrogen-bond donors (Lipinski definition) is 1. The minimum absolute atomic E-state index is 0.149. The predicted molar refractivity (Wildman–Crippen MR) is 81.4 cm³/mol. The summed E-state index contributed by atoms with van der Waals surface area (Å²) in [7, 11) is 2.15. The van der Waals surface area contributed by atoms with E-state index in [2.05, 4.69) is 22.2 Å². The molecule has 1 aromatic heterocycles. The number of carbonyl (C=O) groups is 1. The Kier molecular flexibility index (Phi) is 5.64. The maximum atomic E-state index is 11.9. The Labute approximate surface area is 129 Å². The fourth-order valence-corrected chi connectivity index (χ4v) is 2.66. The van der Waals surface area contributed by atoms with E-state index in [0.29, 0.717) is 23.0 Å². The minimum atomic E-state index is -0.149. The SMILES string of the molecule is CN1CCC(CCNC(=O)c2cnc(Cl)c(Cl)c2)CC1. The molecule has 0 saturated carbocycles. The van der Waals surface area contributed by atoms with Crippen molar-refractivity contribution < 1.29 is 4.79 Å². The van der Waals surface area contributed by atoms with Gasteiger partial charge in [-0.3, -0.25) is 4.79 Å². The van der Waals surface area contributed by atoms with E-state index in [-0.39, 0.29) is 11.1 Å². The number of aromatic nitrogens is 1. The van der Waals surface area contributed by atoms with Crippen molar-refractivity contribution in [3.05, 3.63) is 28.0 Å². The number of likely N-dealkylation sites (tertiary alicyclic amines) is 1. The summed E-state index contributed by atoms with van der Waals surface area (Å²) in [6.07, 6.45) is 4.88. The Morgan fingerprint density at radius 2 is 2.15 bits per heavy atom. The van der Waals surface area contributed by atoms with Crippen LogP contribution in [0.2, 0.25) is 10.2 Å². The fourth-order valence-electron chi connectivity index (χ4n) is 2.39. The molecule has 0 aliphatic carbocycles. The number of carbonyl (C=O) groups excluding carboxylic acids is 1. The van der Waals surface area contributed by atoms with Crippen molar-refractivity contribution >= 4 is 29.1 Å². The van der Waals surface area contributed by atoms with E-state index >= 15 is 0 Å². The third-order valence-electron chi connectivity index (χ3n) is 3.73. The Hall–Kier alpha value is -0.840. The number of hydrogen-bond acceptors (Lipinski definition) is 3. The van der Waals surface area contributed by atoms with Crippen LogP contribution in [0.4, 0.5) is 0 Å². The number of nitrogens with one attached hydrogen (secondary N) is 1. The first-order chi connectivity index (χ1) is 9.56. The van der Waals surface area contributed by atoms with Crippen molar-refractivity contribution in [2.45, 2.75) is 19.3 Å². The average Bonchev–Trinajstić information content (AvgIpc) is 2.44. The summed E-state index contributed by atoms with van der Waals surface area (Å²) in [6, 6.07) is 1.54. The highest BCUT2D eigenvalue weighted by Gasteiger charge is 2.16. The second-order valence-corrected chi connectivity index (χ2v) is 6.05. The van der Waals surface area contributed by atoms with Crippen molar-refractivity contribution in [3.8, 4) is 0 Å². The lowest BCUT2D eigenvalue weighted by atomic mass is 9.94. The lowest BCUT2D eigenvalue weighted by Gasteiger charge is -2.28. The smallest absolute Gasteiger partial charge is 0.252 e. The van der Waals surface area contributed by atoms with Crippen LogP contribution in [0.3, 0.4) is 0 Å². The highest BCUT2D eigenvalue weighted by molar-refractivity contribution is 6.41. The maximum absolute atomic E-state index is 11.9. The van der Waals surface area contributed by atoms with Crippen molar-refractivity contribution in [2.75, 3.05) is 26.7 Å². The van der Waals surface area contributed by atoms with Crippen LogP contribution in [-0.2, 0) is 0 Å². The first-order valence-electron chi connectivity index (χ1n) is 6.84. The summed E-state index contributed by atoms with van der Waals surface area (Å²) >= 11 is 11.6. The number of piperidine rings is 1. The van der Waals surface area contributed by atoms with Gasteiger partial charge in [-0.05, 0) is 51.4 Å². The second-order valence-electron chi connectivity index (χ2n) is 5.29. The molecule has 1 saturated heterocycles. The molecule has 110 valence electrons. The van der Waals surface area contributed by atoms with Crippen LogP contribution >= 0.6 is 23.2 Å². The number of pyridine rings is 1. The molecule has 0 unspecified atom stereocenters. The monoisotopic (exact) mass is 315 g/mol. The molecule has 2 rings (SSSR count). The van der Waals surface area contributed by atoms with Gasteiger partial charge in [-0.2, -0.15) is 0 Å². The van der Waals surface area contributed by atoms with Gasteiger partial charge >= 0.3 is 0 Å². The fraction of sp³-hybridized carbons (Fsp3) is 0.571. The first kappa shape index (κ1) is 15.5. The molecule has 0 bridgehead atoms. The summed E-state index contributed by atoms with van der Waals surface area (Å²) in [4.78, 5) is 18.2. The van der Waals surface area contributed by atoms with Crippen molar-refractivity contribution in [2.24, 2.45) is 5.92 Å². The van der Waals surface area contributed by atoms with Gasteiger partial charge in [0.1, 0.15) is 5.15 Å². The van der Waals surface area contributed by atoms with Gasteiger partial charge in [-0.25, -0.2) is 4.98 Å². The van der Waals surface area contributed by atoms with E-state index in [0.717, 1.165) is 19.5 Å². The quantitative estimate of drug-likeness (QED) is 0.869. The third-order valence-corrected chi connectivity index (χ3v) is 4.42. The molecule has 1 aromatic rings. The first-order valence-corrected chi connectivity index (χ1v) is 7.59. The van der Waals surface area contributed by atoms with E-state index in [4.69, 9.17) is 23.2 Å². The lowest BCUT2D eigenvalue weighted by molar-refractivity contribution is 0.0948. The molecule has 20 heavy (non-hydrogen) atoms. The molecule has 0 spiro atoms. The topological polar surface area (TPSA) is 45.2 Å². The Morgan fingerprint density at radius 1 is 1.45 bits per heavy atom. The van der Waals surface area contributed by atoms with Gasteiger partial charge in [-0.1, -0.05) is 23.2 Å². The standard InChI is InChI=1S/C14H19Cl2N3O/c1-19-6-3-10(4-7-19)2-5-17-14(20)11-8-12(15)13(16)18-9-11/h8-10H,2-7H2,1H3,(H,17,20). The zero-order valence-electron chi connectivity index (χ0n) is 11.5. The highest BCUT2D eigenvalue weighted by atomic mass is 35.5. The van der Waals surface area contributed by atoms with E-state index in [1.54, 1.807) is 6.07 Å². The lowest BCUT2D eigenvalue weighted by Crippen LogP contribution is -2.32. The average molecular weight is 316 g/mol. The van der Waals surface area contributed by atoms with Gasteiger partial charge < -0.3 is 10.2 Å². The number of amides is 1. The molecular weight excluding hydrogens is 297 g/mol. The van der Waals surface area contributed by atoms with Gasteiger partial charge in [0.05, 0.1) is 10.6 Å². The molecule has 4 nitrogen and oxygen atoms in total. The van der Waals surface area contributed by atoms with Crippen molar-refractivity contribution in [1.29, 1.82) is 0 Å².